The van der Waals surface area contributed by atoms with E-state index >= 15 is 0 Å². The SMILES string of the molecule is C=C1CCC(O)C/C1=C/C=C1\CCCC2(C)C(CCCCC(C)(C)C)CCC12. The molecule has 158 valence electrons. The average molecular weight is 385 g/mol. The normalized spacial score (nSPS) is 36.9. The number of aliphatic hydroxyl groups excluding tert-OH is 1. The van der Waals surface area contributed by atoms with Gasteiger partial charge in [0, 0.05) is 0 Å². The lowest BCUT2D eigenvalue weighted by atomic mass is 9.62. The molecule has 0 aromatic carbocycles. The Hall–Kier alpha value is -0.820. The third-order valence-corrected chi connectivity index (χ3v) is 8.08. The van der Waals surface area contributed by atoms with Crippen LogP contribution >= 0.6 is 0 Å². The van der Waals surface area contributed by atoms with E-state index in [1.54, 1.807) is 5.57 Å². The van der Waals surface area contributed by atoms with Gasteiger partial charge in [0.1, 0.15) is 0 Å². The molecule has 0 bridgehead atoms. The summed E-state index contributed by atoms with van der Waals surface area (Å²) in [6, 6.07) is 0. The predicted molar refractivity (Wildman–Crippen MR) is 121 cm³/mol. The van der Waals surface area contributed by atoms with Crippen LogP contribution in [0.1, 0.15) is 105 Å². The first-order chi connectivity index (χ1) is 13.2. The highest BCUT2D eigenvalue weighted by atomic mass is 16.3. The largest absolute Gasteiger partial charge is 0.393 e. The lowest BCUT2D eigenvalue weighted by Gasteiger charge is -2.42. The van der Waals surface area contributed by atoms with Gasteiger partial charge < -0.3 is 5.11 Å². The average Bonchev–Trinajstić information content (AvgIpc) is 2.95. The quantitative estimate of drug-likeness (QED) is 0.480. The second kappa shape index (κ2) is 8.90. The number of fused-ring (bicyclic) bond motifs is 1. The molecule has 1 nitrogen and oxygen atoms in total. The summed E-state index contributed by atoms with van der Waals surface area (Å²) in [5.41, 5.74) is 5.21. The molecule has 28 heavy (non-hydrogen) atoms. The third-order valence-electron chi connectivity index (χ3n) is 8.08. The minimum atomic E-state index is -0.171. The van der Waals surface area contributed by atoms with E-state index < -0.39 is 0 Å². The molecule has 3 saturated carbocycles. The van der Waals surface area contributed by atoms with Crippen molar-refractivity contribution in [2.24, 2.45) is 22.7 Å². The van der Waals surface area contributed by atoms with Gasteiger partial charge in [0.2, 0.25) is 0 Å². The Morgan fingerprint density at radius 1 is 1.11 bits per heavy atom. The van der Waals surface area contributed by atoms with Crippen molar-refractivity contribution >= 4 is 0 Å². The van der Waals surface area contributed by atoms with Gasteiger partial charge in [0.25, 0.3) is 0 Å². The minimum Gasteiger partial charge on any atom is -0.393 e. The summed E-state index contributed by atoms with van der Waals surface area (Å²) in [4.78, 5) is 0. The van der Waals surface area contributed by atoms with E-state index in [1.807, 2.05) is 0 Å². The van der Waals surface area contributed by atoms with Gasteiger partial charge >= 0.3 is 0 Å². The van der Waals surface area contributed by atoms with Crippen LogP contribution in [-0.2, 0) is 0 Å². The molecule has 3 aliphatic carbocycles. The third kappa shape index (κ3) is 5.21. The zero-order valence-electron chi connectivity index (χ0n) is 19.0. The minimum absolute atomic E-state index is 0.171. The molecular weight excluding hydrogens is 340 g/mol. The predicted octanol–water partition coefficient (Wildman–Crippen LogP) is 7.76. The van der Waals surface area contributed by atoms with Crippen molar-refractivity contribution in [3.05, 3.63) is 35.5 Å². The molecule has 4 atom stereocenters. The fraction of sp³-hybridized carbons (Fsp3) is 0.778. The van der Waals surface area contributed by atoms with E-state index in [4.69, 9.17) is 0 Å². The van der Waals surface area contributed by atoms with Gasteiger partial charge in [-0.3, -0.25) is 0 Å². The van der Waals surface area contributed by atoms with Crippen LogP contribution in [0.2, 0.25) is 0 Å². The Bertz CT molecular complexity index is 617. The van der Waals surface area contributed by atoms with Crippen LogP contribution in [0.3, 0.4) is 0 Å². The summed E-state index contributed by atoms with van der Waals surface area (Å²) in [5, 5.41) is 10.0. The van der Waals surface area contributed by atoms with Crippen LogP contribution in [0.4, 0.5) is 0 Å². The molecule has 0 amide bonds. The number of hydrogen-bond donors (Lipinski definition) is 1. The zero-order valence-corrected chi connectivity index (χ0v) is 19.0. The highest BCUT2D eigenvalue weighted by molar-refractivity contribution is 5.36. The van der Waals surface area contributed by atoms with Crippen molar-refractivity contribution in [2.75, 3.05) is 0 Å². The molecule has 0 radical (unpaired) electrons. The molecule has 4 unspecified atom stereocenters. The Kier molecular flexibility index (Phi) is 6.96. The van der Waals surface area contributed by atoms with Crippen LogP contribution in [0.15, 0.2) is 35.5 Å². The maximum absolute atomic E-state index is 10.0. The molecular formula is C27H44O. The molecule has 3 rings (SSSR count). The lowest BCUT2D eigenvalue weighted by molar-refractivity contribution is 0.126. The summed E-state index contributed by atoms with van der Waals surface area (Å²) in [7, 11) is 0. The molecule has 1 N–H and O–H groups in total. The van der Waals surface area contributed by atoms with Crippen LogP contribution in [0.5, 0.6) is 0 Å². The molecule has 0 spiro atoms. The van der Waals surface area contributed by atoms with Crippen LogP contribution < -0.4 is 0 Å². The number of rotatable bonds is 5. The Morgan fingerprint density at radius 3 is 2.64 bits per heavy atom. The fourth-order valence-corrected chi connectivity index (χ4v) is 6.26. The monoisotopic (exact) mass is 384 g/mol. The van der Waals surface area contributed by atoms with Crippen LogP contribution in [0, 0.1) is 22.7 Å². The van der Waals surface area contributed by atoms with Crippen molar-refractivity contribution < 1.29 is 5.11 Å². The van der Waals surface area contributed by atoms with Gasteiger partial charge in [-0.25, -0.2) is 0 Å². The fourth-order valence-electron chi connectivity index (χ4n) is 6.26. The Labute approximate surface area is 174 Å². The number of allylic oxidation sites excluding steroid dienone is 4. The second-order valence-electron chi connectivity index (χ2n) is 11.4. The summed E-state index contributed by atoms with van der Waals surface area (Å²) in [6.07, 6.45) is 19.6. The zero-order chi connectivity index (χ0) is 20.4. The van der Waals surface area contributed by atoms with E-state index in [1.165, 1.54) is 68.9 Å². The Balaban J connectivity index is 1.63. The number of unbranched alkanes of at least 4 members (excludes halogenated alkanes) is 1. The van der Waals surface area contributed by atoms with E-state index in [0.29, 0.717) is 10.8 Å². The maximum Gasteiger partial charge on any atom is 0.0583 e. The first kappa shape index (κ1) is 21.9. The van der Waals surface area contributed by atoms with Crippen molar-refractivity contribution in [1.82, 2.24) is 0 Å². The van der Waals surface area contributed by atoms with Crippen LogP contribution in [0.25, 0.3) is 0 Å². The first-order valence-corrected chi connectivity index (χ1v) is 11.9. The summed E-state index contributed by atoms with van der Waals surface area (Å²) in [6.45, 7) is 13.9. The van der Waals surface area contributed by atoms with Gasteiger partial charge in [-0.05, 0) is 92.4 Å². The van der Waals surface area contributed by atoms with Crippen molar-refractivity contribution in [2.45, 2.75) is 111 Å². The summed E-state index contributed by atoms with van der Waals surface area (Å²) >= 11 is 0. The topological polar surface area (TPSA) is 20.2 Å². The van der Waals surface area contributed by atoms with Crippen molar-refractivity contribution in [3.63, 3.8) is 0 Å². The molecule has 0 aromatic heterocycles. The molecule has 3 aliphatic rings. The van der Waals surface area contributed by atoms with Gasteiger partial charge in [0.15, 0.2) is 0 Å². The van der Waals surface area contributed by atoms with Gasteiger partial charge in [0.05, 0.1) is 6.10 Å². The molecule has 0 heterocycles. The molecule has 0 saturated heterocycles. The maximum atomic E-state index is 10.0. The Morgan fingerprint density at radius 2 is 1.89 bits per heavy atom. The van der Waals surface area contributed by atoms with Crippen molar-refractivity contribution in [3.8, 4) is 0 Å². The number of hydrogen-bond acceptors (Lipinski definition) is 1. The highest BCUT2D eigenvalue weighted by Crippen LogP contribution is 2.58. The van der Waals surface area contributed by atoms with E-state index in [9.17, 15) is 5.11 Å². The highest BCUT2D eigenvalue weighted by Gasteiger charge is 2.48. The van der Waals surface area contributed by atoms with Gasteiger partial charge in [-0.2, -0.15) is 0 Å². The van der Waals surface area contributed by atoms with Crippen molar-refractivity contribution in [1.29, 1.82) is 0 Å². The smallest absolute Gasteiger partial charge is 0.0583 e. The summed E-state index contributed by atoms with van der Waals surface area (Å²) < 4.78 is 0. The van der Waals surface area contributed by atoms with E-state index in [-0.39, 0.29) is 6.10 Å². The van der Waals surface area contributed by atoms with Crippen LogP contribution in [-0.4, -0.2) is 11.2 Å². The number of aliphatic hydroxyl groups is 1. The molecule has 0 aliphatic heterocycles. The van der Waals surface area contributed by atoms with Gasteiger partial charge in [-0.15, -0.1) is 0 Å². The standard InChI is InChI=1S/C27H44O/c1-20-11-15-24(28)19-22(20)13-12-21-9-8-18-27(5)23(14-16-25(21)27)10-6-7-17-26(2,3)4/h12-13,23-25,28H,1,6-11,14-19H2,2-5H3/b21-12+,22-13-. The molecule has 1 heteroatoms. The second-order valence-corrected chi connectivity index (χ2v) is 11.4. The van der Waals surface area contributed by atoms with E-state index in [0.717, 1.165) is 31.1 Å². The molecule has 3 fully saturated rings. The lowest BCUT2D eigenvalue weighted by Crippen LogP contribution is -2.33. The van der Waals surface area contributed by atoms with Gasteiger partial charge in [-0.1, -0.05) is 70.4 Å². The van der Waals surface area contributed by atoms with E-state index in [2.05, 4.69) is 46.4 Å². The summed E-state index contributed by atoms with van der Waals surface area (Å²) in [5.74, 6) is 1.70. The first-order valence-electron chi connectivity index (χ1n) is 11.9. The molecule has 0 aromatic rings.